The highest BCUT2D eigenvalue weighted by atomic mass is 16.6. The van der Waals surface area contributed by atoms with Gasteiger partial charge >= 0.3 is 5.69 Å². The fourth-order valence-corrected chi connectivity index (χ4v) is 0.922. The Bertz CT molecular complexity index is 385. The second-order valence-electron chi connectivity index (χ2n) is 2.75. The molecule has 0 saturated heterocycles. The topological polar surface area (TPSA) is 90.1 Å². The van der Waals surface area contributed by atoms with E-state index in [2.05, 4.69) is 17.0 Å². The minimum Gasteiger partial charge on any atom is -0.351 e. The van der Waals surface area contributed by atoms with Crippen LogP contribution in [0.5, 0.6) is 0 Å². The van der Waals surface area contributed by atoms with E-state index < -0.39 is 4.92 Å². The van der Waals surface area contributed by atoms with Gasteiger partial charge in [-0.25, -0.2) is 0 Å². The van der Waals surface area contributed by atoms with Gasteiger partial charge in [-0.2, -0.15) is 5.10 Å². The van der Waals surface area contributed by atoms with Crippen LogP contribution in [0.3, 0.4) is 0 Å². The first-order chi connectivity index (χ1) is 7.13. The molecule has 1 N–H and O–H groups in total. The van der Waals surface area contributed by atoms with Crippen molar-refractivity contribution in [3.05, 3.63) is 35.2 Å². The summed E-state index contributed by atoms with van der Waals surface area (Å²) in [5, 5.41) is 16.5. The van der Waals surface area contributed by atoms with Gasteiger partial charge in [-0.05, 0) is 0 Å². The minimum atomic E-state index is -0.564. The van der Waals surface area contributed by atoms with Crippen LogP contribution in [0.15, 0.2) is 25.0 Å². The van der Waals surface area contributed by atoms with Crippen molar-refractivity contribution in [3.8, 4) is 0 Å². The van der Waals surface area contributed by atoms with Crippen molar-refractivity contribution in [2.24, 2.45) is 0 Å². The molecule has 1 amide bonds. The third-order valence-electron chi connectivity index (χ3n) is 1.58. The van der Waals surface area contributed by atoms with Crippen molar-refractivity contribution in [1.29, 1.82) is 0 Å². The van der Waals surface area contributed by atoms with Gasteiger partial charge in [0.05, 0.1) is 4.92 Å². The first-order valence-corrected chi connectivity index (χ1v) is 4.18. The lowest BCUT2D eigenvalue weighted by molar-refractivity contribution is -0.385. The normalized spacial score (nSPS) is 9.60. The maximum atomic E-state index is 11.2. The molecule has 15 heavy (non-hydrogen) atoms. The van der Waals surface area contributed by atoms with Gasteiger partial charge in [0.25, 0.3) is 0 Å². The Morgan fingerprint density at radius 1 is 1.80 bits per heavy atom. The van der Waals surface area contributed by atoms with Crippen LogP contribution >= 0.6 is 0 Å². The summed E-state index contributed by atoms with van der Waals surface area (Å²) in [5.74, 6) is -0.270. The number of aromatic nitrogens is 2. The first kappa shape index (κ1) is 10.9. The molecule has 0 aromatic carbocycles. The van der Waals surface area contributed by atoms with Crippen LogP contribution in [0.4, 0.5) is 5.69 Å². The van der Waals surface area contributed by atoms with Gasteiger partial charge in [0.2, 0.25) is 5.91 Å². The van der Waals surface area contributed by atoms with E-state index in [4.69, 9.17) is 0 Å². The van der Waals surface area contributed by atoms with Gasteiger partial charge in [0.15, 0.2) is 0 Å². The van der Waals surface area contributed by atoms with Crippen molar-refractivity contribution in [3.63, 3.8) is 0 Å². The van der Waals surface area contributed by atoms with Crippen molar-refractivity contribution in [2.75, 3.05) is 6.54 Å². The molecule has 0 aliphatic carbocycles. The van der Waals surface area contributed by atoms with Crippen LogP contribution < -0.4 is 5.32 Å². The van der Waals surface area contributed by atoms with Gasteiger partial charge in [0.1, 0.15) is 18.9 Å². The number of nitro groups is 1. The number of carbonyl (C=O) groups is 1. The predicted molar refractivity (Wildman–Crippen MR) is 52.1 cm³/mol. The van der Waals surface area contributed by atoms with E-state index in [9.17, 15) is 14.9 Å². The van der Waals surface area contributed by atoms with Gasteiger partial charge < -0.3 is 5.32 Å². The smallest absolute Gasteiger partial charge is 0.307 e. The number of rotatable bonds is 5. The van der Waals surface area contributed by atoms with Crippen LogP contribution in [-0.4, -0.2) is 27.2 Å². The Kier molecular flexibility index (Phi) is 3.55. The number of nitrogens with one attached hydrogen (secondary N) is 1. The average molecular weight is 210 g/mol. The molecule has 0 saturated carbocycles. The standard InChI is InChI=1S/C8H10N4O3/c1-2-3-9-8(13)6-11-5-7(4-10-11)12(14)15/h2,4-5H,1,3,6H2,(H,9,13). The van der Waals surface area contributed by atoms with E-state index >= 15 is 0 Å². The summed E-state index contributed by atoms with van der Waals surface area (Å²) in [6.07, 6.45) is 3.84. The highest BCUT2D eigenvalue weighted by Crippen LogP contribution is 2.06. The molecule has 0 bridgehead atoms. The molecule has 7 nitrogen and oxygen atoms in total. The zero-order chi connectivity index (χ0) is 11.3. The molecular weight excluding hydrogens is 200 g/mol. The Balaban J connectivity index is 2.53. The van der Waals surface area contributed by atoms with E-state index in [-0.39, 0.29) is 18.1 Å². The van der Waals surface area contributed by atoms with Crippen LogP contribution in [0.25, 0.3) is 0 Å². The van der Waals surface area contributed by atoms with Crippen LogP contribution in [0, 0.1) is 10.1 Å². The fourth-order valence-electron chi connectivity index (χ4n) is 0.922. The SMILES string of the molecule is C=CCNC(=O)Cn1cc([N+](=O)[O-])cn1. The summed E-state index contributed by atoms with van der Waals surface area (Å²) in [5.41, 5.74) is -0.133. The maximum Gasteiger partial charge on any atom is 0.307 e. The zero-order valence-electron chi connectivity index (χ0n) is 7.92. The van der Waals surface area contributed by atoms with Crippen LogP contribution in [0.2, 0.25) is 0 Å². The third-order valence-corrected chi connectivity index (χ3v) is 1.58. The second-order valence-corrected chi connectivity index (χ2v) is 2.75. The molecule has 7 heteroatoms. The lowest BCUT2D eigenvalue weighted by Crippen LogP contribution is -2.27. The van der Waals surface area contributed by atoms with Crippen molar-refractivity contribution >= 4 is 11.6 Å². The van der Waals surface area contributed by atoms with Gasteiger partial charge in [0, 0.05) is 6.54 Å². The molecule has 80 valence electrons. The first-order valence-electron chi connectivity index (χ1n) is 4.18. The molecule has 0 unspecified atom stereocenters. The lowest BCUT2D eigenvalue weighted by Gasteiger charge is -2.00. The monoisotopic (exact) mass is 210 g/mol. The average Bonchev–Trinajstić information content (AvgIpc) is 2.63. The number of carbonyl (C=O) groups excluding carboxylic acids is 1. The molecular formula is C8H10N4O3. The summed E-state index contributed by atoms with van der Waals surface area (Å²) < 4.78 is 1.20. The number of nitrogens with zero attached hydrogens (tertiary/aromatic N) is 3. The van der Waals surface area contributed by atoms with Gasteiger partial charge in [-0.15, -0.1) is 6.58 Å². The fraction of sp³-hybridized carbons (Fsp3) is 0.250. The molecule has 1 aromatic rings. The molecule has 1 aromatic heterocycles. The molecule has 0 aliphatic heterocycles. The molecule has 1 heterocycles. The molecule has 0 radical (unpaired) electrons. The quantitative estimate of drug-likeness (QED) is 0.423. The summed E-state index contributed by atoms with van der Waals surface area (Å²) in [7, 11) is 0. The van der Waals surface area contributed by atoms with E-state index in [1.54, 1.807) is 6.08 Å². The van der Waals surface area contributed by atoms with E-state index in [0.29, 0.717) is 6.54 Å². The highest BCUT2D eigenvalue weighted by molar-refractivity contribution is 5.75. The molecule has 0 spiro atoms. The van der Waals surface area contributed by atoms with Gasteiger partial charge in [-0.1, -0.05) is 6.08 Å². The largest absolute Gasteiger partial charge is 0.351 e. The Labute approximate surface area is 85.5 Å². The molecule has 0 fully saturated rings. The summed E-state index contributed by atoms with van der Waals surface area (Å²) >= 11 is 0. The number of hydrogen-bond acceptors (Lipinski definition) is 4. The predicted octanol–water partition coefficient (Wildman–Crippen LogP) is 0.0935. The molecule has 0 atom stereocenters. The Morgan fingerprint density at radius 2 is 2.53 bits per heavy atom. The summed E-state index contributed by atoms with van der Waals surface area (Å²) in [6.45, 7) is 3.76. The third kappa shape index (κ3) is 3.22. The van der Waals surface area contributed by atoms with Crippen LogP contribution in [-0.2, 0) is 11.3 Å². The summed E-state index contributed by atoms with van der Waals surface area (Å²) in [4.78, 5) is 20.9. The zero-order valence-corrected chi connectivity index (χ0v) is 7.92. The van der Waals surface area contributed by atoms with E-state index in [1.165, 1.54) is 10.9 Å². The van der Waals surface area contributed by atoms with Gasteiger partial charge in [-0.3, -0.25) is 19.6 Å². The molecule has 0 aliphatic rings. The Hall–Kier alpha value is -2.18. The number of amides is 1. The van der Waals surface area contributed by atoms with Crippen molar-refractivity contribution < 1.29 is 9.72 Å². The lowest BCUT2D eigenvalue weighted by atomic mass is 10.5. The maximum absolute atomic E-state index is 11.2. The van der Waals surface area contributed by atoms with E-state index in [1.807, 2.05) is 0 Å². The van der Waals surface area contributed by atoms with Crippen molar-refractivity contribution in [2.45, 2.75) is 6.54 Å². The van der Waals surface area contributed by atoms with Crippen molar-refractivity contribution in [1.82, 2.24) is 15.1 Å². The molecule has 1 rings (SSSR count). The van der Waals surface area contributed by atoms with Crippen LogP contribution in [0.1, 0.15) is 0 Å². The second kappa shape index (κ2) is 4.89. The highest BCUT2D eigenvalue weighted by Gasteiger charge is 2.10. The minimum absolute atomic E-state index is 0.0400. The van der Waals surface area contributed by atoms with E-state index in [0.717, 1.165) is 6.20 Å². The Morgan fingerprint density at radius 3 is 3.07 bits per heavy atom. The number of hydrogen-bond donors (Lipinski definition) is 1. The summed E-state index contributed by atoms with van der Waals surface area (Å²) in [6, 6.07) is 0.